The highest BCUT2D eigenvalue weighted by Crippen LogP contribution is 2.36. The molecule has 33 heavy (non-hydrogen) atoms. The van der Waals surface area contributed by atoms with Gasteiger partial charge in [0.05, 0.1) is 36.9 Å². The van der Waals surface area contributed by atoms with E-state index in [-0.39, 0.29) is 11.8 Å². The number of halogens is 3. The van der Waals surface area contributed by atoms with Crippen molar-refractivity contribution in [3.63, 3.8) is 0 Å². The molecule has 2 heterocycles. The number of ether oxygens (including phenoxy) is 2. The summed E-state index contributed by atoms with van der Waals surface area (Å²) in [4.78, 5) is 9.06. The number of aryl methyl sites for hydroxylation is 1. The maximum Gasteiger partial charge on any atom is 0.416 e. The molecular weight excluding hydrogens is 435 g/mol. The molecule has 1 aromatic heterocycles. The first-order valence-corrected chi connectivity index (χ1v) is 10.6. The number of anilines is 2. The number of morpholine rings is 1. The van der Waals surface area contributed by atoms with Crippen LogP contribution in [0.2, 0.25) is 0 Å². The molecule has 0 radical (unpaired) electrons. The molecule has 2 atom stereocenters. The van der Waals surface area contributed by atoms with Crippen molar-refractivity contribution in [1.29, 1.82) is 0 Å². The lowest BCUT2D eigenvalue weighted by atomic mass is 10.0. The lowest BCUT2D eigenvalue weighted by molar-refractivity contribution is -0.137. The molecule has 1 unspecified atom stereocenters. The largest absolute Gasteiger partial charge is 0.496 e. The Hall–Kier alpha value is -3.11. The molecule has 0 spiro atoms. The van der Waals surface area contributed by atoms with Crippen LogP contribution in [-0.4, -0.2) is 36.8 Å². The van der Waals surface area contributed by atoms with Crippen LogP contribution in [0.3, 0.4) is 0 Å². The number of benzene rings is 2. The number of aromatic nitrogens is 2. The molecule has 176 valence electrons. The molecule has 4 rings (SSSR count). The van der Waals surface area contributed by atoms with Gasteiger partial charge < -0.3 is 25.8 Å². The van der Waals surface area contributed by atoms with E-state index < -0.39 is 17.8 Å². The summed E-state index contributed by atoms with van der Waals surface area (Å²) < 4.78 is 51.2. The number of alkyl halides is 3. The lowest BCUT2D eigenvalue weighted by Gasteiger charge is -2.26. The molecule has 1 fully saturated rings. The zero-order valence-corrected chi connectivity index (χ0v) is 18.6. The number of rotatable bonds is 5. The summed E-state index contributed by atoms with van der Waals surface area (Å²) in [6.07, 6.45) is -4.65. The quantitative estimate of drug-likeness (QED) is 0.486. The average Bonchev–Trinajstić information content (AvgIpc) is 2.77. The van der Waals surface area contributed by atoms with E-state index in [4.69, 9.17) is 15.2 Å². The van der Waals surface area contributed by atoms with Crippen molar-refractivity contribution in [3.05, 3.63) is 52.8 Å². The molecule has 3 aromatic rings. The first-order valence-electron chi connectivity index (χ1n) is 10.6. The van der Waals surface area contributed by atoms with Crippen LogP contribution in [0.15, 0.2) is 30.3 Å². The fourth-order valence-corrected chi connectivity index (χ4v) is 3.97. The van der Waals surface area contributed by atoms with Crippen LogP contribution in [0.25, 0.3) is 10.9 Å². The van der Waals surface area contributed by atoms with E-state index in [1.54, 1.807) is 21.0 Å². The molecule has 1 saturated heterocycles. The van der Waals surface area contributed by atoms with Gasteiger partial charge >= 0.3 is 6.18 Å². The lowest BCUT2D eigenvalue weighted by Crippen LogP contribution is -2.33. The Morgan fingerprint density at radius 3 is 2.67 bits per heavy atom. The van der Waals surface area contributed by atoms with E-state index in [2.05, 4.69) is 20.6 Å². The minimum absolute atomic E-state index is 0.0459. The van der Waals surface area contributed by atoms with Crippen LogP contribution < -0.4 is 21.1 Å². The third-order valence-electron chi connectivity index (χ3n) is 5.59. The van der Waals surface area contributed by atoms with E-state index in [0.29, 0.717) is 47.0 Å². The van der Waals surface area contributed by atoms with Gasteiger partial charge in [-0.15, -0.1) is 0 Å². The van der Waals surface area contributed by atoms with Gasteiger partial charge in [-0.1, -0.05) is 0 Å². The highest BCUT2D eigenvalue weighted by molar-refractivity contribution is 5.91. The topological polar surface area (TPSA) is 94.3 Å². The Bertz CT molecular complexity index is 1160. The first kappa shape index (κ1) is 23.1. The molecule has 7 nitrogen and oxygen atoms in total. The molecule has 1 aliphatic rings. The van der Waals surface area contributed by atoms with Crippen LogP contribution in [0, 0.1) is 6.92 Å². The van der Waals surface area contributed by atoms with Gasteiger partial charge in [0.2, 0.25) is 0 Å². The van der Waals surface area contributed by atoms with Crippen molar-refractivity contribution >= 4 is 22.4 Å². The van der Waals surface area contributed by atoms with E-state index in [9.17, 15) is 13.2 Å². The minimum atomic E-state index is -4.48. The standard InChI is InChI=1S/C23H26F3N5O2/c1-12(14-6-15(23(24,25)26)8-16(27)7-14)29-22-17-10-20(32-3)18(21-11-28-4-5-33-21)9-19(17)30-13(2)31-22/h6-10,12,21,28H,4-5,11,27H2,1-3H3,(H,29,30,31)/t12?,21-/m0/s1. The Morgan fingerprint density at radius 2 is 2.00 bits per heavy atom. The second kappa shape index (κ2) is 9.03. The Morgan fingerprint density at radius 1 is 1.21 bits per heavy atom. The minimum Gasteiger partial charge on any atom is -0.496 e. The van der Waals surface area contributed by atoms with E-state index in [1.165, 1.54) is 6.07 Å². The van der Waals surface area contributed by atoms with Crippen LogP contribution >= 0.6 is 0 Å². The van der Waals surface area contributed by atoms with Gasteiger partial charge in [-0.05, 0) is 49.7 Å². The van der Waals surface area contributed by atoms with Gasteiger partial charge in [-0.2, -0.15) is 13.2 Å². The van der Waals surface area contributed by atoms with Gasteiger partial charge in [0, 0.05) is 29.7 Å². The summed E-state index contributed by atoms with van der Waals surface area (Å²) in [6.45, 7) is 5.56. The van der Waals surface area contributed by atoms with E-state index in [1.807, 2.05) is 12.1 Å². The summed E-state index contributed by atoms with van der Waals surface area (Å²) in [7, 11) is 1.58. The third kappa shape index (κ3) is 4.96. The normalized spacial score (nSPS) is 17.7. The van der Waals surface area contributed by atoms with Crippen molar-refractivity contribution < 1.29 is 22.6 Å². The first-order chi connectivity index (χ1) is 15.7. The van der Waals surface area contributed by atoms with Crippen molar-refractivity contribution in [1.82, 2.24) is 15.3 Å². The van der Waals surface area contributed by atoms with Crippen LogP contribution in [0.4, 0.5) is 24.7 Å². The summed E-state index contributed by atoms with van der Waals surface area (Å²) in [5, 5.41) is 7.22. The van der Waals surface area contributed by atoms with Gasteiger partial charge in [-0.3, -0.25) is 0 Å². The van der Waals surface area contributed by atoms with Crippen molar-refractivity contribution in [3.8, 4) is 5.75 Å². The number of hydrogen-bond acceptors (Lipinski definition) is 7. The van der Waals surface area contributed by atoms with Gasteiger partial charge in [0.25, 0.3) is 0 Å². The van der Waals surface area contributed by atoms with Crippen LogP contribution in [0.5, 0.6) is 5.75 Å². The predicted molar refractivity (Wildman–Crippen MR) is 120 cm³/mol. The Labute approximate surface area is 189 Å². The third-order valence-corrected chi connectivity index (χ3v) is 5.59. The maximum atomic E-state index is 13.2. The monoisotopic (exact) mass is 461 g/mol. The fraction of sp³-hybridized carbons (Fsp3) is 0.391. The molecule has 0 amide bonds. The van der Waals surface area contributed by atoms with Gasteiger partial charge in [0.15, 0.2) is 0 Å². The molecule has 0 saturated carbocycles. The molecule has 1 aliphatic heterocycles. The zero-order chi connectivity index (χ0) is 23.8. The molecule has 0 aliphatic carbocycles. The number of methoxy groups -OCH3 is 1. The average molecular weight is 461 g/mol. The van der Waals surface area contributed by atoms with Crippen molar-refractivity contribution in [2.24, 2.45) is 0 Å². The number of nitrogens with two attached hydrogens (primary N) is 1. The zero-order valence-electron chi connectivity index (χ0n) is 18.6. The van der Waals surface area contributed by atoms with Gasteiger partial charge in [-0.25, -0.2) is 9.97 Å². The number of nitrogen functional groups attached to an aromatic ring is 1. The summed E-state index contributed by atoms with van der Waals surface area (Å²) >= 11 is 0. The molecule has 10 heteroatoms. The fourth-order valence-electron chi connectivity index (χ4n) is 3.97. The molecule has 2 aromatic carbocycles. The second-order valence-corrected chi connectivity index (χ2v) is 8.05. The van der Waals surface area contributed by atoms with Crippen molar-refractivity contribution in [2.75, 3.05) is 37.9 Å². The predicted octanol–water partition coefficient (Wildman–Crippen LogP) is 4.38. The summed E-state index contributed by atoms with van der Waals surface area (Å²) in [5.41, 5.74) is 6.96. The SMILES string of the molecule is COc1cc2c(NC(C)c3cc(N)cc(C(F)(F)F)c3)nc(C)nc2cc1[C@@H]1CNCCO1. The maximum absolute atomic E-state index is 13.2. The van der Waals surface area contributed by atoms with E-state index in [0.717, 1.165) is 24.2 Å². The molecular formula is C23H26F3N5O2. The molecule has 4 N–H and O–H groups in total. The van der Waals surface area contributed by atoms with E-state index >= 15 is 0 Å². The Balaban J connectivity index is 1.73. The summed E-state index contributed by atoms with van der Waals surface area (Å²) in [5.74, 6) is 1.65. The van der Waals surface area contributed by atoms with Crippen molar-refractivity contribution in [2.45, 2.75) is 32.2 Å². The second-order valence-electron chi connectivity index (χ2n) is 8.05. The number of fused-ring (bicyclic) bond motifs is 1. The highest BCUT2D eigenvalue weighted by Gasteiger charge is 2.31. The highest BCUT2D eigenvalue weighted by atomic mass is 19.4. The number of hydrogen-bond donors (Lipinski definition) is 3. The smallest absolute Gasteiger partial charge is 0.416 e. The summed E-state index contributed by atoms with van der Waals surface area (Å²) in [6, 6.07) is 6.79. The Kier molecular flexibility index (Phi) is 6.31. The van der Waals surface area contributed by atoms with Gasteiger partial charge in [0.1, 0.15) is 17.4 Å². The van der Waals surface area contributed by atoms with Crippen LogP contribution in [-0.2, 0) is 10.9 Å². The number of nitrogens with one attached hydrogen (secondary N) is 2. The number of nitrogens with zero attached hydrogens (tertiary/aromatic N) is 2. The van der Waals surface area contributed by atoms with Crippen LogP contribution in [0.1, 0.15) is 41.6 Å². The molecule has 0 bridgehead atoms.